The summed E-state index contributed by atoms with van der Waals surface area (Å²) >= 11 is 0. The van der Waals surface area contributed by atoms with Gasteiger partial charge in [-0.2, -0.15) is 0 Å². The van der Waals surface area contributed by atoms with Crippen molar-refractivity contribution in [2.75, 3.05) is 0 Å². The summed E-state index contributed by atoms with van der Waals surface area (Å²) in [5.41, 5.74) is 33.8. The Morgan fingerprint density at radius 3 is 0.934 bits per heavy atom. The van der Waals surface area contributed by atoms with E-state index in [1.165, 1.54) is 38.9 Å². The lowest BCUT2D eigenvalue weighted by Gasteiger charge is -2.39. The first-order chi connectivity index (χ1) is 63.3. The molecule has 2 unspecified atom stereocenters. The number of aromatic nitrogens is 3. The van der Waals surface area contributed by atoms with Crippen molar-refractivity contribution in [2.45, 2.75) is 129 Å². The summed E-state index contributed by atoms with van der Waals surface area (Å²) in [4.78, 5) is 15.4. The van der Waals surface area contributed by atoms with Crippen molar-refractivity contribution in [2.24, 2.45) is 0 Å². The molecule has 0 radical (unpaired) electrons. The first-order valence-electron chi connectivity index (χ1n) is 47.7. The second-order valence-electron chi connectivity index (χ2n) is 36.1. The third-order valence-corrected chi connectivity index (χ3v) is 24.9. The lowest BCUT2D eigenvalue weighted by molar-refractivity contribution is 0.352. The number of pyridine rings is 3. The largest absolute Gasteiger partial charge is 0.256 e. The van der Waals surface area contributed by atoms with E-state index in [9.17, 15) is 0 Å². The van der Waals surface area contributed by atoms with E-state index in [-0.39, 0.29) is 69.3 Å². The van der Waals surface area contributed by atoms with Gasteiger partial charge in [-0.25, -0.2) is 0 Å². The maximum Gasteiger partial charge on any atom is 0.0705 e. The molecule has 0 aliphatic heterocycles. The monoisotopic (exact) mass is 1590 g/mol. The molecule has 1 aliphatic carbocycles. The van der Waals surface area contributed by atoms with Gasteiger partial charge in [0.15, 0.2) is 0 Å². The van der Waals surface area contributed by atoms with Crippen LogP contribution in [-0.2, 0) is 16.2 Å². The van der Waals surface area contributed by atoms with Crippen molar-refractivity contribution in [1.29, 1.82) is 0 Å². The van der Waals surface area contributed by atoms with Crippen LogP contribution in [0.4, 0.5) is 0 Å². The minimum absolute atomic E-state index is 0.0305. The molecule has 122 heavy (non-hydrogen) atoms. The molecule has 3 nitrogen and oxygen atoms in total. The maximum atomic E-state index is 9.01. The Bertz CT molecular complexity index is 6970. The summed E-state index contributed by atoms with van der Waals surface area (Å²) in [5.74, 6) is -0.147. The van der Waals surface area contributed by atoms with Crippen LogP contribution in [0.1, 0.15) is 158 Å². The highest BCUT2D eigenvalue weighted by Crippen LogP contribution is 2.56. The molecule has 2 atom stereocenters. The predicted octanol–water partition coefficient (Wildman–Crippen LogP) is 32.6. The van der Waals surface area contributed by atoms with Gasteiger partial charge in [0.1, 0.15) is 0 Å². The zero-order chi connectivity index (χ0) is 92.5. The number of aryl methyl sites for hydroxylation is 2. The van der Waals surface area contributed by atoms with E-state index in [4.69, 9.17) is 28.7 Å². The molecule has 596 valence electrons. The fraction of sp³-hybridized carbons (Fsp3) is 0.168. The number of hydrogen-bond donors (Lipinski definition) is 0. The van der Waals surface area contributed by atoms with Gasteiger partial charge in [-0.1, -0.05) is 365 Å². The zero-order valence-corrected chi connectivity index (χ0v) is 71.3. The van der Waals surface area contributed by atoms with Gasteiger partial charge < -0.3 is 0 Å². The number of benzene rings is 14. The van der Waals surface area contributed by atoms with Crippen molar-refractivity contribution in [3.63, 3.8) is 0 Å². The molecule has 18 rings (SSSR count). The molecule has 1 aliphatic rings. The molecule has 0 spiro atoms. The minimum Gasteiger partial charge on any atom is -0.256 e. The number of rotatable bonds is 17. The average molecular weight is 1590 g/mol. The summed E-state index contributed by atoms with van der Waals surface area (Å²) in [6.45, 7) is 24.4. The van der Waals surface area contributed by atoms with Gasteiger partial charge in [0, 0.05) is 46.4 Å². The summed E-state index contributed by atoms with van der Waals surface area (Å²) in [5, 5.41) is 0. The van der Waals surface area contributed by atoms with Gasteiger partial charge >= 0.3 is 0 Å². The van der Waals surface area contributed by atoms with Gasteiger partial charge in [0.2, 0.25) is 0 Å². The van der Waals surface area contributed by atoms with E-state index in [2.05, 4.69) is 341 Å². The third-order valence-electron chi connectivity index (χ3n) is 24.9. The Morgan fingerprint density at radius 1 is 0.230 bits per heavy atom. The van der Waals surface area contributed by atoms with Crippen molar-refractivity contribution in [1.82, 2.24) is 15.0 Å². The van der Waals surface area contributed by atoms with E-state index in [1.54, 1.807) is 12.4 Å². The molecule has 3 heteroatoms. The number of nitrogens with zero attached hydrogens (tertiary/aromatic N) is 3. The van der Waals surface area contributed by atoms with Gasteiger partial charge in [0.05, 0.1) is 30.8 Å². The van der Waals surface area contributed by atoms with Crippen molar-refractivity contribution >= 4 is 0 Å². The summed E-state index contributed by atoms with van der Waals surface area (Å²) in [7, 11) is 0. The van der Waals surface area contributed by atoms with Crippen LogP contribution in [0.2, 0.25) is 0 Å². The standard InChI is InChI=1S/C119H105N3/c1-78-62-114(121-76-112(78)83-38-23-15-24-39-83)91-51-56-105(108(70-91)89-46-30-43-86(65-89)81-34-19-13-20-35-81)110-73-97(117(3,4)5)53-58-101(110)95-67-94(100-48-27-28-49-103(100)104-55-50-93(116-75-99(60-61-120-116)119(9,10)11)72-107(104)88-45-29-42-85(64-88)80-32-17-12-18-33-80)68-96(69-95)102-59-54-98(118(6,7)8)74-111(102)106-57-52-92(115-63-79(2)113(77-122-115)84-40-25-16-26-41-84)71-109(106)90-47-31-44-87(66-90)82-36-21-14-22-37-82/h12-66,70-77,94-96H,67-69H2,1-11H3/i15D,16D,23D,24D,25D,26D,38D,39D,40D,41D. The van der Waals surface area contributed by atoms with Crippen LogP contribution in [0.15, 0.2) is 382 Å². The predicted molar refractivity (Wildman–Crippen MR) is 516 cm³/mol. The lowest BCUT2D eigenvalue weighted by Crippen LogP contribution is -2.22. The maximum absolute atomic E-state index is 9.01. The van der Waals surface area contributed by atoms with E-state index in [0.717, 1.165) is 147 Å². The average Bonchev–Trinajstić information content (AvgIpc) is 0.752. The quantitative estimate of drug-likeness (QED) is 0.0912. The first kappa shape index (κ1) is 68.3. The zero-order valence-electron chi connectivity index (χ0n) is 81.3. The lowest BCUT2D eigenvalue weighted by atomic mass is 9.65. The van der Waals surface area contributed by atoms with Gasteiger partial charge in [0.25, 0.3) is 0 Å². The molecular weight excluding hydrogens is 1470 g/mol. The topological polar surface area (TPSA) is 38.7 Å². The van der Waals surface area contributed by atoms with Gasteiger partial charge in [-0.3, -0.25) is 15.0 Å². The third kappa shape index (κ3) is 16.7. The normalized spacial score (nSPS) is 15.5. The van der Waals surface area contributed by atoms with E-state index >= 15 is 0 Å². The highest BCUT2D eigenvalue weighted by Gasteiger charge is 2.37. The van der Waals surface area contributed by atoms with Gasteiger partial charge in [-0.05, 0) is 284 Å². The second-order valence-corrected chi connectivity index (χ2v) is 36.1. The van der Waals surface area contributed by atoms with Crippen LogP contribution in [0, 0.1) is 13.8 Å². The van der Waals surface area contributed by atoms with Gasteiger partial charge in [-0.15, -0.1) is 0 Å². The van der Waals surface area contributed by atoms with Crippen LogP contribution in [0.3, 0.4) is 0 Å². The van der Waals surface area contributed by atoms with Crippen molar-refractivity contribution < 1.29 is 13.7 Å². The fourth-order valence-corrected chi connectivity index (χ4v) is 18.2. The fourth-order valence-electron chi connectivity index (χ4n) is 18.2. The van der Waals surface area contributed by atoms with E-state index in [1.807, 2.05) is 44.3 Å². The molecule has 0 saturated heterocycles. The Morgan fingerprint density at radius 2 is 0.557 bits per heavy atom. The highest BCUT2D eigenvalue weighted by atomic mass is 14.7. The van der Waals surface area contributed by atoms with Crippen molar-refractivity contribution in [3.8, 4) is 156 Å². The molecular formula is C119H105N3. The summed E-state index contributed by atoms with van der Waals surface area (Å²) < 4.78 is 87.4. The molecule has 3 aromatic heterocycles. The Kier molecular flexibility index (Phi) is 18.8. The van der Waals surface area contributed by atoms with Crippen LogP contribution in [-0.4, -0.2) is 15.0 Å². The summed E-state index contributed by atoms with van der Waals surface area (Å²) in [6, 6.07) is 107. The molecule has 14 aromatic carbocycles. The highest BCUT2D eigenvalue weighted by molar-refractivity contribution is 5.94. The van der Waals surface area contributed by atoms with E-state index in [0.29, 0.717) is 22.5 Å². The SMILES string of the molecule is [2H]c1c([2H])c([2H])c(-c2cnc(-c3ccc(-c4cc(C(C)(C)C)ccc4C4CC(c5ccccc5-c5ccc(-c6cc(C(C)(C)C)ccn6)cc5-c5cccc(-c6ccccc6)c5)CC(c5ccc(C(C)(C)C)cc5-c5ccc(-c6cc(C)c(-c7c([2H])c([2H])c([2H])c([2H])c7[2H])cn6)cc5-c5cccc(-c6ccccc6)c5)C4)c(-c4cccc(-c5ccccc5)c4)c3)cc2C)c([2H])c1[2H]. The molecule has 3 heterocycles. The molecule has 1 fully saturated rings. The first-order valence-corrected chi connectivity index (χ1v) is 42.7. The number of hydrogen-bond acceptors (Lipinski definition) is 3. The molecule has 0 amide bonds. The van der Waals surface area contributed by atoms with Crippen molar-refractivity contribution in [3.05, 3.63) is 427 Å². The van der Waals surface area contributed by atoms with Crippen LogP contribution in [0.5, 0.6) is 0 Å². The Labute approximate surface area is 736 Å². The molecule has 0 N–H and O–H groups in total. The Hall–Kier alpha value is -13.5. The molecule has 0 bridgehead atoms. The molecule has 1 saturated carbocycles. The van der Waals surface area contributed by atoms with E-state index < -0.39 is 36.3 Å². The second kappa shape index (κ2) is 33.6. The molecule has 17 aromatic rings. The van der Waals surface area contributed by atoms with Crippen LogP contribution < -0.4 is 0 Å². The summed E-state index contributed by atoms with van der Waals surface area (Å²) in [6.07, 6.45) is 7.66. The smallest absolute Gasteiger partial charge is 0.0705 e. The minimum atomic E-state index is -0.444. The Balaban J connectivity index is 0.864. The van der Waals surface area contributed by atoms with Crippen LogP contribution >= 0.6 is 0 Å². The van der Waals surface area contributed by atoms with Crippen LogP contribution in [0.25, 0.3) is 156 Å².